The quantitative estimate of drug-likeness (QED) is 0.631. The van der Waals surface area contributed by atoms with Crippen molar-refractivity contribution in [2.24, 2.45) is 11.3 Å². The second-order valence-electron chi connectivity index (χ2n) is 5.14. The number of carbonyl (C=O) groups excluding carboxylic acids is 1. The monoisotopic (exact) mass is 186 g/mol. The van der Waals surface area contributed by atoms with Gasteiger partial charge in [-0.2, -0.15) is 0 Å². The van der Waals surface area contributed by atoms with Gasteiger partial charge in [0.1, 0.15) is 0 Å². The molecule has 78 valence electrons. The summed E-state index contributed by atoms with van der Waals surface area (Å²) in [7, 11) is 0. The molecule has 0 aliphatic rings. The standard InChI is InChI=1S/C11H22O2/c1-9(2)6-7-13-10(12)8-11(3,4)5/h9H,6-8H2,1-5H3. The molecule has 0 atom stereocenters. The Kier molecular flexibility index (Phi) is 5.04. The molecular formula is C11H22O2. The van der Waals surface area contributed by atoms with Crippen LogP contribution in [0.3, 0.4) is 0 Å². The zero-order valence-corrected chi connectivity index (χ0v) is 9.52. The lowest BCUT2D eigenvalue weighted by atomic mass is 9.92. The van der Waals surface area contributed by atoms with Crippen LogP contribution in [0.2, 0.25) is 0 Å². The molecule has 13 heavy (non-hydrogen) atoms. The minimum Gasteiger partial charge on any atom is -0.466 e. The van der Waals surface area contributed by atoms with Crippen LogP contribution >= 0.6 is 0 Å². The Hall–Kier alpha value is -0.530. The van der Waals surface area contributed by atoms with E-state index in [0.29, 0.717) is 18.9 Å². The van der Waals surface area contributed by atoms with Gasteiger partial charge in [0.2, 0.25) is 0 Å². The molecule has 0 fully saturated rings. The molecule has 2 nitrogen and oxygen atoms in total. The number of ether oxygens (including phenoxy) is 1. The summed E-state index contributed by atoms with van der Waals surface area (Å²) in [6.07, 6.45) is 1.46. The van der Waals surface area contributed by atoms with Gasteiger partial charge < -0.3 is 4.74 Å². The molecule has 0 saturated carbocycles. The van der Waals surface area contributed by atoms with Crippen molar-refractivity contribution < 1.29 is 9.53 Å². The van der Waals surface area contributed by atoms with Crippen molar-refractivity contribution >= 4 is 5.97 Å². The Morgan fingerprint density at radius 2 is 1.85 bits per heavy atom. The largest absolute Gasteiger partial charge is 0.466 e. The first-order chi connectivity index (χ1) is 5.81. The summed E-state index contributed by atoms with van der Waals surface area (Å²) in [5.74, 6) is 0.524. The first-order valence-electron chi connectivity index (χ1n) is 4.97. The van der Waals surface area contributed by atoms with E-state index in [9.17, 15) is 4.79 Å². The van der Waals surface area contributed by atoms with Gasteiger partial charge in [-0.3, -0.25) is 4.79 Å². The van der Waals surface area contributed by atoms with Crippen LogP contribution in [0.5, 0.6) is 0 Å². The molecule has 0 aliphatic heterocycles. The molecule has 0 radical (unpaired) electrons. The maximum atomic E-state index is 11.2. The highest BCUT2D eigenvalue weighted by molar-refractivity contribution is 5.70. The van der Waals surface area contributed by atoms with Crippen LogP contribution < -0.4 is 0 Å². The second kappa shape index (κ2) is 5.25. The lowest BCUT2D eigenvalue weighted by Gasteiger charge is -2.16. The van der Waals surface area contributed by atoms with Crippen LogP contribution in [-0.4, -0.2) is 12.6 Å². The third kappa shape index (κ3) is 9.38. The predicted molar refractivity (Wildman–Crippen MR) is 54.5 cm³/mol. The van der Waals surface area contributed by atoms with Crippen LogP contribution in [0.4, 0.5) is 0 Å². The van der Waals surface area contributed by atoms with Crippen molar-refractivity contribution in [3.8, 4) is 0 Å². The van der Waals surface area contributed by atoms with E-state index in [1.165, 1.54) is 0 Å². The maximum absolute atomic E-state index is 11.2. The molecule has 0 amide bonds. The second-order valence-corrected chi connectivity index (χ2v) is 5.14. The van der Waals surface area contributed by atoms with Crippen molar-refractivity contribution in [1.29, 1.82) is 0 Å². The Labute approximate surface area is 81.7 Å². The lowest BCUT2D eigenvalue weighted by Crippen LogP contribution is -2.16. The van der Waals surface area contributed by atoms with Gasteiger partial charge in [0.15, 0.2) is 0 Å². The van der Waals surface area contributed by atoms with Crippen LogP contribution in [-0.2, 0) is 9.53 Å². The zero-order valence-electron chi connectivity index (χ0n) is 9.52. The molecule has 0 aromatic carbocycles. The smallest absolute Gasteiger partial charge is 0.306 e. The number of hydrogen-bond donors (Lipinski definition) is 0. The van der Waals surface area contributed by atoms with Crippen molar-refractivity contribution in [2.75, 3.05) is 6.61 Å². The summed E-state index contributed by atoms with van der Waals surface area (Å²) in [5, 5.41) is 0. The van der Waals surface area contributed by atoms with Gasteiger partial charge >= 0.3 is 5.97 Å². The summed E-state index contributed by atoms with van der Waals surface area (Å²) in [4.78, 5) is 11.2. The molecule has 0 bridgehead atoms. The summed E-state index contributed by atoms with van der Waals surface area (Å²) in [6.45, 7) is 10.9. The molecule has 0 spiro atoms. The number of hydrogen-bond acceptors (Lipinski definition) is 2. The van der Waals surface area contributed by atoms with Crippen LogP contribution in [0.25, 0.3) is 0 Å². The number of rotatable bonds is 4. The summed E-state index contributed by atoms with van der Waals surface area (Å²) in [6, 6.07) is 0. The Bertz CT molecular complexity index is 154. The average molecular weight is 186 g/mol. The van der Waals surface area contributed by atoms with Crippen LogP contribution in [0.15, 0.2) is 0 Å². The van der Waals surface area contributed by atoms with Crippen molar-refractivity contribution in [3.05, 3.63) is 0 Å². The zero-order chi connectivity index (χ0) is 10.5. The van der Waals surface area contributed by atoms with Crippen molar-refractivity contribution in [1.82, 2.24) is 0 Å². The molecule has 0 aromatic rings. The molecule has 0 unspecified atom stereocenters. The summed E-state index contributed by atoms with van der Waals surface area (Å²) in [5.41, 5.74) is 0.0366. The van der Waals surface area contributed by atoms with Gasteiger partial charge in [-0.15, -0.1) is 0 Å². The minimum absolute atomic E-state index is 0.0366. The molecule has 0 heterocycles. The topological polar surface area (TPSA) is 26.3 Å². The van der Waals surface area contributed by atoms with E-state index in [0.717, 1.165) is 6.42 Å². The fourth-order valence-electron chi connectivity index (χ4n) is 0.893. The third-order valence-electron chi connectivity index (χ3n) is 1.63. The van der Waals surface area contributed by atoms with Gasteiger partial charge in [-0.05, 0) is 17.8 Å². The predicted octanol–water partition coefficient (Wildman–Crippen LogP) is 3.01. The van der Waals surface area contributed by atoms with Gasteiger partial charge in [-0.25, -0.2) is 0 Å². The van der Waals surface area contributed by atoms with E-state index in [-0.39, 0.29) is 11.4 Å². The molecule has 0 rings (SSSR count). The van der Waals surface area contributed by atoms with Gasteiger partial charge in [-0.1, -0.05) is 34.6 Å². The lowest BCUT2D eigenvalue weighted by molar-refractivity contribution is -0.146. The number of carbonyl (C=O) groups is 1. The summed E-state index contributed by atoms with van der Waals surface area (Å²) >= 11 is 0. The molecular weight excluding hydrogens is 164 g/mol. The fourth-order valence-corrected chi connectivity index (χ4v) is 0.893. The van der Waals surface area contributed by atoms with Crippen molar-refractivity contribution in [3.63, 3.8) is 0 Å². The Morgan fingerprint density at radius 1 is 1.31 bits per heavy atom. The van der Waals surface area contributed by atoms with E-state index in [1.807, 2.05) is 20.8 Å². The van der Waals surface area contributed by atoms with E-state index in [4.69, 9.17) is 4.74 Å². The van der Waals surface area contributed by atoms with Gasteiger partial charge in [0, 0.05) is 0 Å². The Morgan fingerprint density at radius 3 is 2.23 bits per heavy atom. The molecule has 2 heteroatoms. The van der Waals surface area contributed by atoms with E-state index in [2.05, 4.69) is 13.8 Å². The maximum Gasteiger partial charge on any atom is 0.306 e. The highest BCUT2D eigenvalue weighted by Crippen LogP contribution is 2.18. The Balaban J connectivity index is 3.53. The minimum atomic E-state index is -0.0758. The van der Waals surface area contributed by atoms with Crippen molar-refractivity contribution in [2.45, 2.75) is 47.5 Å². The molecule has 0 saturated heterocycles. The molecule has 0 N–H and O–H groups in total. The molecule has 0 aliphatic carbocycles. The highest BCUT2D eigenvalue weighted by atomic mass is 16.5. The van der Waals surface area contributed by atoms with Crippen LogP contribution in [0, 0.1) is 11.3 Å². The van der Waals surface area contributed by atoms with E-state index < -0.39 is 0 Å². The summed E-state index contributed by atoms with van der Waals surface area (Å²) < 4.78 is 5.09. The van der Waals surface area contributed by atoms with Gasteiger partial charge in [0.05, 0.1) is 13.0 Å². The van der Waals surface area contributed by atoms with E-state index in [1.54, 1.807) is 0 Å². The average Bonchev–Trinajstić information content (AvgIpc) is 1.81. The normalized spacial score (nSPS) is 11.8. The fraction of sp³-hybridized carbons (Fsp3) is 0.909. The third-order valence-corrected chi connectivity index (χ3v) is 1.63. The molecule has 0 aromatic heterocycles. The SMILES string of the molecule is CC(C)CCOC(=O)CC(C)(C)C. The van der Waals surface area contributed by atoms with Crippen LogP contribution in [0.1, 0.15) is 47.5 Å². The van der Waals surface area contributed by atoms with E-state index >= 15 is 0 Å². The highest BCUT2D eigenvalue weighted by Gasteiger charge is 2.16. The first kappa shape index (κ1) is 12.5. The number of esters is 1. The van der Waals surface area contributed by atoms with Gasteiger partial charge in [0.25, 0.3) is 0 Å². The first-order valence-corrected chi connectivity index (χ1v) is 4.97.